The van der Waals surface area contributed by atoms with E-state index in [9.17, 15) is 10.1 Å². The van der Waals surface area contributed by atoms with Gasteiger partial charge in [0.1, 0.15) is 5.69 Å². The highest BCUT2D eigenvalue weighted by Gasteiger charge is 2.22. The normalized spacial score (nSPS) is 10.1. The van der Waals surface area contributed by atoms with Gasteiger partial charge in [-0.05, 0) is 17.7 Å². The molecule has 0 aromatic heterocycles. The van der Waals surface area contributed by atoms with E-state index >= 15 is 0 Å². The number of hydrogen-bond acceptors (Lipinski definition) is 4. The Bertz CT molecular complexity index is 599. The predicted octanol–water partition coefficient (Wildman–Crippen LogP) is 3.24. The van der Waals surface area contributed by atoms with Crippen molar-refractivity contribution >= 4 is 11.4 Å². The van der Waals surface area contributed by atoms with Crippen LogP contribution in [-0.2, 0) is 6.54 Å². The van der Waals surface area contributed by atoms with Crippen molar-refractivity contribution < 1.29 is 9.66 Å². The van der Waals surface area contributed by atoms with Crippen LogP contribution in [0.15, 0.2) is 48.5 Å². The molecule has 2 aromatic rings. The molecule has 0 saturated carbocycles. The van der Waals surface area contributed by atoms with Crippen molar-refractivity contribution in [3.8, 4) is 5.75 Å². The summed E-state index contributed by atoms with van der Waals surface area (Å²) in [6.07, 6.45) is 0. The topological polar surface area (TPSA) is 55.6 Å². The molecule has 0 amide bonds. The Balaban J connectivity index is 2.34. The van der Waals surface area contributed by atoms with Crippen LogP contribution in [0.1, 0.15) is 5.56 Å². The second-order valence-electron chi connectivity index (χ2n) is 4.43. The Morgan fingerprint density at radius 2 is 1.85 bits per heavy atom. The fourth-order valence-corrected chi connectivity index (χ4v) is 2.11. The lowest BCUT2D eigenvalue weighted by Gasteiger charge is -2.20. The van der Waals surface area contributed by atoms with Gasteiger partial charge in [-0.25, -0.2) is 0 Å². The van der Waals surface area contributed by atoms with Crippen LogP contribution in [0.2, 0.25) is 0 Å². The van der Waals surface area contributed by atoms with E-state index in [2.05, 4.69) is 0 Å². The van der Waals surface area contributed by atoms with Gasteiger partial charge in [0.2, 0.25) is 0 Å². The monoisotopic (exact) mass is 272 g/mol. The smallest absolute Gasteiger partial charge is 0.333 e. The van der Waals surface area contributed by atoms with Gasteiger partial charge in [-0.1, -0.05) is 36.4 Å². The Kier molecular flexibility index (Phi) is 4.20. The Labute approximate surface area is 117 Å². The number of hydrogen-bond donors (Lipinski definition) is 0. The third-order valence-corrected chi connectivity index (χ3v) is 3.05. The van der Waals surface area contributed by atoms with E-state index < -0.39 is 4.92 Å². The van der Waals surface area contributed by atoms with Gasteiger partial charge in [0, 0.05) is 13.6 Å². The lowest BCUT2D eigenvalue weighted by Crippen LogP contribution is -2.17. The summed E-state index contributed by atoms with van der Waals surface area (Å²) in [5.41, 5.74) is 1.62. The second kappa shape index (κ2) is 6.06. The van der Waals surface area contributed by atoms with Crippen molar-refractivity contribution in [2.45, 2.75) is 6.54 Å². The number of nitro benzene ring substituents is 1. The number of anilines is 1. The van der Waals surface area contributed by atoms with E-state index in [1.807, 2.05) is 42.3 Å². The van der Waals surface area contributed by atoms with Gasteiger partial charge in [0.25, 0.3) is 0 Å². The Morgan fingerprint density at radius 1 is 1.15 bits per heavy atom. The van der Waals surface area contributed by atoms with E-state index in [1.165, 1.54) is 7.11 Å². The maximum absolute atomic E-state index is 11.3. The molecular formula is C15H16N2O3. The van der Waals surface area contributed by atoms with Gasteiger partial charge >= 0.3 is 5.69 Å². The molecule has 2 rings (SSSR count). The molecule has 0 radical (unpaired) electrons. The lowest BCUT2D eigenvalue weighted by molar-refractivity contribution is -0.385. The van der Waals surface area contributed by atoms with E-state index in [0.717, 1.165) is 5.56 Å². The molecule has 0 saturated heterocycles. The van der Waals surface area contributed by atoms with Crippen molar-refractivity contribution in [2.24, 2.45) is 0 Å². The molecule has 2 aromatic carbocycles. The first-order valence-corrected chi connectivity index (χ1v) is 6.20. The molecule has 0 aliphatic heterocycles. The summed E-state index contributed by atoms with van der Waals surface area (Å²) < 4.78 is 5.08. The van der Waals surface area contributed by atoms with Gasteiger partial charge in [0.05, 0.1) is 12.0 Å². The molecule has 0 unspecified atom stereocenters. The van der Waals surface area contributed by atoms with Gasteiger partial charge in [-0.15, -0.1) is 0 Å². The SMILES string of the molecule is COc1cccc(N(C)Cc2ccccc2)c1[N+](=O)[O-]. The third kappa shape index (κ3) is 2.88. The summed E-state index contributed by atoms with van der Waals surface area (Å²) in [5, 5.41) is 11.3. The van der Waals surface area contributed by atoms with Gasteiger partial charge < -0.3 is 9.64 Å². The molecule has 5 heteroatoms. The minimum absolute atomic E-state index is 0.00608. The predicted molar refractivity (Wildman–Crippen MR) is 78.2 cm³/mol. The standard InChI is InChI=1S/C15H16N2O3/c1-16(11-12-7-4-3-5-8-12)13-9-6-10-14(20-2)15(13)17(18)19/h3-10H,11H2,1-2H3. The number of nitro groups is 1. The van der Waals surface area contributed by atoms with Crippen LogP contribution >= 0.6 is 0 Å². The van der Waals surface area contributed by atoms with Gasteiger partial charge in [0.15, 0.2) is 5.75 Å². The van der Waals surface area contributed by atoms with E-state index in [4.69, 9.17) is 4.74 Å². The zero-order valence-electron chi connectivity index (χ0n) is 11.4. The fourth-order valence-electron chi connectivity index (χ4n) is 2.11. The Morgan fingerprint density at radius 3 is 2.45 bits per heavy atom. The van der Waals surface area contributed by atoms with Crippen LogP contribution in [0.4, 0.5) is 11.4 Å². The van der Waals surface area contributed by atoms with Gasteiger partial charge in [-0.2, -0.15) is 0 Å². The van der Waals surface area contributed by atoms with Crippen LogP contribution in [0.5, 0.6) is 5.75 Å². The van der Waals surface area contributed by atoms with E-state index in [0.29, 0.717) is 12.2 Å². The van der Waals surface area contributed by atoms with Crippen LogP contribution in [0, 0.1) is 10.1 Å². The zero-order chi connectivity index (χ0) is 14.5. The second-order valence-corrected chi connectivity index (χ2v) is 4.43. The number of ether oxygens (including phenoxy) is 1. The first-order valence-electron chi connectivity index (χ1n) is 6.20. The molecule has 0 atom stereocenters. The maximum Gasteiger partial charge on any atom is 0.333 e. The molecule has 104 valence electrons. The van der Waals surface area contributed by atoms with E-state index in [1.54, 1.807) is 18.2 Å². The largest absolute Gasteiger partial charge is 0.490 e. The fraction of sp³-hybridized carbons (Fsp3) is 0.200. The summed E-state index contributed by atoms with van der Waals surface area (Å²) in [6, 6.07) is 14.9. The molecule has 5 nitrogen and oxygen atoms in total. The molecular weight excluding hydrogens is 256 g/mol. The average molecular weight is 272 g/mol. The van der Waals surface area contributed by atoms with Crippen molar-refractivity contribution in [3.63, 3.8) is 0 Å². The summed E-state index contributed by atoms with van der Waals surface area (Å²) in [5.74, 6) is 0.271. The van der Waals surface area contributed by atoms with Gasteiger partial charge in [-0.3, -0.25) is 10.1 Å². The molecule has 0 aliphatic rings. The minimum Gasteiger partial charge on any atom is -0.490 e. The highest BCUT2D eigenvalue weighted by atomic mass is 16.6. The number of para-hydroxylation sites is 1. The van der Waals surface area contributed by atoms with Crippen molar-refractivity contribution in [1.29, 1.82) is 0 Å². The summed E-state index contributed by atoms with van der Waals surface area (Å²) in [6.45, 7) is 0.592. The van der Waals surface area contributed by atoms with Crippen LogP contribution < -0.4 is 9.64 Å². The first kappa shape index (κ1) is 13.9. The quantitative estimate of drug-likeness (QED) is 0.619. The van der Waals surface area contributed by atoms with Crippen LogP contribution in [0.3, 0.4) is 0 Å². The molecule has 20 heavy (non-hydrogen) atoms. The molecule has 0 heterocycles. The maximum atomic E-state index is 11.3. The van der Waals surface area contributed by atoms with E-state index in [-0.39, 0.29) is 11.4 Å². The summed E-state index contributed by atoms with van der Waals surface area (Å²) in [4.78, 5) is 12.7. The Hall–Kier alpha value is -2.56. The zero-order valence-corrected chi connectivity index (χ0v) is 11.4. The summed E-state index contributed by atoms with van der Waals surface area (Å²) >= 11 is 0. The molecule has 0 spiro atoms. The first-order chi connectivity index (χ1) is 9.63. The average Bonchev–Trinajstić information content (AvgIpc) is 2.47. The molecule has 0 aliphatic carbocycles. The highest BCUT2D eigenvalue weighted by molar-refractivity contribution is 5.69. The number of benzene rings is 2. The van der Waals surface area contributed by atoms with Crippen molar-refractivity contribution in [1.82, 2.24) is 0 Å². The van der Waals surface area contributed by atoms with Crippen LogP contribution in [-0.4, -0.2) is 19.1 Å². The molecule has 0 fully saturated rings. The number of methoxy groups -OCH3 is 1. The highest BCUT2D eigenvalue weighted by Crippen LogP contribution is 2.36. The third-order valence-electron chi connectivity index (χ3n) is 3.05. The van der Waals surface area contributed by atoms with Crippen LogP contribution in [0.25, 0.3) is 0 Å². The summed E-state index contributed by atoms with van der Waals surface area (Å²) in [7, 11) is 3.26. The van der Waals surface area contributed by atoms with Crippen molar-refractivity contribution in [3.05, 3.63) is 64.2 Å². The lowest BCUT2D eigenvalue weighted by atomic mass is 10.2. The molecule has 0 N–H and O–H groups in total. The minimum atomic E-state index is -0.407. The van der Waals surface area contributed by atoms with Crippen molar-refractivity contribution in [2.75, 3.05) is 19.1 Å². The molecule has 0 bridgehead atoms. The number of nitrogens with zero attached hydrogens (tertiary/aromatic N) is 2. The number of rotatable bonds is 5.